The lowest BCUT2D eigenvalue weighted by Crippen LogP contribution is -2.40. The first-order valence-electron chi connectivity index (χ1n) is 24.9. The molecule has 0 aliphatic carbocycles. The second-order valence-electron chi connectivity index (χ2n) is 18.0. The van der Waals surface area contributed by atoms with E-state index in [2.05, 4.69) is 57.4 Å². The largest absolute Gasteiger partial charge is 0.466 e. The fourth-order valence-electron chi connectivity index (χ4n) is 8.26. The Hall–Kier alpha value is -7.97. The van der Waals surface area contributed by atoms with Crippen LogP contribution in [0.1, 0.15) is 84.1 Å². The van der Waals surface area contributed by atoms with E-state index >= 15 is 0 Å². The first kappa shape index (κ1) is 57.3. The van der Waals surface area contributed by atoms with Crippen LogP contribution in [0.3, 0.4) is 0 Å². The van der Waals surface area contributed by atoms with Gasteiger partial charge >= 0.3 is 18.0 Å². The third-order valence-corrected chi connectivity index (χ3v) is 14.6. The second kappa shape index (κ2) is 25.5. The Morgan fingerprint density at radius 1 is 0.513 bits per heavy atom. The number of esters is 1. The van der Waals surface area contributed by atoms with E-state index in [9.17, 15) is 31.2 Å². The molecular weight excluding hydrogens is 1000 g/mol. The summed E-state index contributed by atoms with van der Waals surface area (Å²) in [5, 5.41) is 5.23. The molecule has 0 bridgehead atoms. The summed E-state index contributed by atoms with van der Waals surface area (Å²) >= 11 is 0. The Morgan fingerprint density at radius 3 is 1.17 bits per heavy atom. The third kappa shape index (κ3) is 14.9. The standard InChI is InChI=1S/2C26H29N5O3S.C4H8O2/c2*1-5-23-24(31-16-18(3)28-19(4)25(31)29-23)21-10-8-20(9-11-21)14-15-27-26(32)30-35(33,34)22-12-6-17(2)7-13-22;1-3-6-4(2)5/h2*6-13,16H,5,14-15H2,1-4H3,(H2,27,30,32);3H2,1-2H3. The van der Waals surface area contributed by atoms with Gasteiger partial charge in [0.25, 0.3) is 20.0 Å². The minimum Gasteiger partial charge on any atom is -0.466 e. The van der Waals surface area contributed by atoms with Gasteiger partial charge in [0.1, 0.15) is 0 Å². The zero-order valence-electron chi connectivity index (χ0n) is 44.6. The van der Waals surface area contributed by atoms with E-state index in [0.29, 0.717) is 32.5 Å². The van der Waals surface area contributed by atoms with E-state index in [0.717, 1.165) is 103 Å². The summed E-state index contributed by atoms with van der Waals surface area (Å²) in [7, 11) is -7.82. The van der Waals surface area contributed by atoms with Crippen molar-refractivity contribution < 1.29 is 36.0 Å². The normalized spacial score (nSPS) is 11.2. The molecule has 4 heterocycles. The number of hydrogen-bond acceptors (Lipinski definition) is 12. The number of ether oxygens (including phenoxy) is 1. The number of fused-ring (bicyclic) bond motifs is 2. The minimum absolute atomic E-state index is 0.0499. The van der Waals surface area contributed by atoms with E-state index in [1.165, 1.54) is 31.2 Å². The SMILES string of the molecule is CCOC(C)=O.CCc1nc2c(C)nc(C)cn2c1-c1ccc(CCNC(=O)NS(=O)(=O)c2ccc(C)cc2)cc1.CCc1nc2c(C)nc(C)cn2c1-c1ccc(CCNC(=O)NS(=O)(=O)c2ccc(C)cc2)cc1. The molecule has 8 aromatic rings. The van der Waals surface area contributed by atoms with Crippen LogP contribution >= 0.6 is 0 Å². The molecule has 4 aromatic heterocycles. The molecule has 0 fully saturated rings. The highest BCUT2D eigenvalue weighted by atomic mass is 32.2. The molecule has 20 heteroatoms. The van der Waals surface area contributed by atoms with Crippen LogP contribution in [0.4, 0.5) is 9.59 Å². The van der Waals surface area contributed by atoms with Crippen LogP contribution in [0.2, 0.25) is 0 Å². The van der Waals surface area contributed by atoms with Gasteiger partial charge in [-0.1, -0.05) is 97.8 Å². The highest BCUT2D eigenvalue weighted by Crippen LogP contribution is 2.29. The molecule has 76 heavy (non-hydrogen) atoms. The number of amides is 4. The van der Waals surface area contributed by atoms with Crippen LogP contribution in [0.25, 0.3) is 33.8 Å². The number of nitrogens with zero attached hydrogens (tertiary/aromatic N) is 6. The average Bonchev–Trinajstić information content (AvgIpc) is 3.96. The molecule has 400 valence electrons. The van der Waals surface area contributed by atoms with Crippen molar-refractivity contribution in [3.8, 4) is 22.5 Å². The highest BCUT2D eigenvalue weighted by molar-refractivity contribution is 7.90. The fraction of sp³-hybridized carbons (Fsp3) is 0.304. The number of urea groups is 2. The summed E-state index contributed by atoms with van der Waals surface area (Å²) in [4.78, 5) is 52.8. The Kier molecular flexibility index (Phi) is 19.2. The van der Waals surface area contributed by atoms with Crippen molar-refractivity contribution in [3.63, 3.8) is 0 Å². The van der Waals surface area contributed by atoms with Gasteiger partial charge in [0, 0.05) is 43.5 Å². The highest BCUT2D eigenvalue weighted by Gasteiger charge is 2.20. The molecule has 0 saturated carbocycles. The van der Waals surface area contributed by atoms with Gasteiger partial charge in [-0.3, -0.25) is 23.6 Å². The summed E-state index contributed by atoms with van der Waals surface area (Å²) in [5.74, 6) is -0.211. The lowest BCUT2D eigenvalue weighted by Gasteiger charge is -2.10. The van der Waals surface area contributed by atoms with E-state index in [1.807, 2.05) is 102 Å². The monoisotopic (exact) mass is 1070 g/mol. The summed E-state index contributed by atoms with van der Waals surface area (Å²) in [6, 6.07) is 27.4. The van der Waals surface area contributed by atoms with E-state index in [-0.39, 0.29) is 15.8 Å². The number of sulfonamides is 2. The van der Waals surface area contributed by atoms with Crippen molar-refractivity contribution >= 4 is 49.4 Å². The van der Waals surface area contributed by atoms with Crippen LogP contribution in [-0.2, 0) is 55.3 Å². The number of rotatable bonds is 15. The predicted molar refractivity (Wildman–Crippen MR) is 294 cm³/mol. The lowest BCUT2D eigenvalue weighted by molar-refractivity contribution is -0.140. The number of aromatic nitrogens is 6. The van der Waals surface area contributed by atoms with Gasteiger partial charge in [-0.05, 0) is 110 Å². The van der Waals surface area contributed by atoms with Crippen molar-refractivity contribution in [2.75, 3.05) is 19.7 Å². The number of imidazole rings is 2. The number of nitrogens with one attached hydrogen (secondary N) is 4. The Balaban J connectivity index is 0.000000223. The zero-order valence-corrected chi connectivity index (χ0v) is 46.2. The molecule has 0 aliphatic heterocycles. The molecule has 4 aromatic carbocycles. The number of benzene rings is 4. The van der Waals surface area contributed by atoms with Crippen molar-refractivity contribution in [1.29, 1.82) is 0 Å². The maximum Gasteiger partial charge on any atom is 0.328 e. The quantitative estimate of drug-likeness (QED) is 0.0705. The maximum atomic E-state index is 12.3. The van der Waals surface area contributed by atoms with Gasteiger partial charge in [-0.25, -0.2) is 45.8 Å². The summed E-state index contributed by atoms with van der Waals surface area (Å²) in [5.41, 5.74) is 15.6. The van der Waals surface area contributed by atoms with Crippen LogP contribution in [-0.4, -0.2) is 83.3 Å². The van der Waals surface area contributed by atoms with Crippen LogP contribution in [0.5, 0.6) is 0 Å². The Labute approximate surface area is 444 Å². The summed E-state index contributed by atoms with van der Waals surface area (Å²) in [6.07, 6.45) is 6.75. The third-order valence-electron chi connectivity index (χ3n) is 11.9. The molecule has 0 saturated heterocycles. The van der Waals surface area contributed by atoms with Crippen molar-refractivity contribution in [3.05, 3.63) is 166 Å². The molecular formula is C56H66N10O8S2. The average molecular weight is 1070 g/mol. The van der Waals surface area contributed by atoms with Crippen molar-refractivity contribution in [1.82, 2.24) is 48.8 Å². The fourth-order valence-corrected chi connectivity index (χ4v) is 10.1. The molecule has 0 aliphatic rings. The number of carbonyl (C=O) groups excluding carboxylic acids is 3. The van der Waals surface area contributed by atoms with Gasteiger partial charge in [-0.2, -0.15) is 0 Å². The van der Waals surface area contributed by atoms with Gasteiger partial charge < -0.3 is 15.4 Å². The van der Waals surface area contributed by atoms with E-state index in [4.69, 9.17) is 9.97 Å². The second-order valence-corrected chi connectivity index (χ2v) is 21.4. The molecule has 0 radical (unpaired) electrons. The van der Waals surface area contributed by atoms with Gasteiger partial charge in [0.2, 0.25) is 0 Å². The molecule has 0 atom stereocenters. The first-order valence-corrected chi connectivity index (χ1v) is 27.9. The van der Waals surface area contributed by atoms with E-state index in [1.54, 1.807) is 31.2 Å². The smallest absolute Gasteiger partial charge is 0.328 e. The summed E-state index contributed by atoms with van der Waals surface area (Å²) < 4.78 is 62.1. The van der Waals surface area contributed by atoms with Gasteiger partial charge in [0.15, 0.2) is 11.3 Å². The first-order chi connectivity index (χ1) is 36.1. The molecule has 4 amide bonds. The van der Waals surface area contributed by atoms with Crippen LogP contribution < -0.4 is 20.1 Å². The maximum absolute atomic E-state index is 12.3. The Morgan fingerprint density at radius 2 is 0.868 bits per heavy atom. The minimum atomic E-state index is -3.91. The van der Waals surface area contributed by atoms with Crippen molar-refractivity contribution in [2.45, 2.75) is 105 Å². The van der Waals surface area contributed by atoms with Crippen molar-refractivity contribution in [2.24, 2.45) is 0 Å². The number of aryl methyl sites for hydroxylation is 8. The number of carbonyl (C=O) groups is 3. The van der Waals surface area contributed by atoms with Gasteiger partial charge in [-0.15, -0.1) is 0 Å². The zero-order chi connectivity index (χ0) is 55.3. The predicted octanol–water partition coefficient (Wildman–Crippen LogP) is 8.80. The van der Waals surface area contributed by atoms with Crippen LogP contribution in [0, 0.1) is 41.5 Å². The Bertz CT molecular complexity index is 3330. The number of hydrogen-bond donors (Lipinski definition) is 4. The molecule has 18 nitrogen and oxygen atoms in total. The molecule has 4 N–H and O–H groups in total. The van der Waals surface area contributed by atoms with E-state index < -0.39 is 32.1 Å². The molecule has 8 rings (SSSR count). The lowest BCUT2D eigenvalue weighted by atomic mass is 10.0. The topological polar surface area (TPSA) is 237 Å². The van der Waals surface area contributed by atoms with Crippen LogP contribution in [0.15, 0.2) is 119 Å². The molecule has 0 unspecified atom stereocenters. The van der Waals surface area contributed by atoms with Gasteiger partial charge in [0.05, 0.1) is 61.9 Å². The molecule has 0 spiro atoms. The summed E-state index contributed by atoms with van der Waals surface area (Å²) in [6.45, 7) is 20.0.